The molecular weight excluding hydrogens is 306 g/mol. The van der Waals surface area contributed by atoms with Crippen LogP contribution in [0, 0.1) is 0 Å². The van der Waals surface area contributed by atoms with E-state index in [9.17, 15) is 14.7 Å². The summed E-state index contributed by atoms with van der Waals surface area (Å²) in [6, 6.07) is 1.79. The maximum Gasteiger partial charge on any atom is 0.328 e. The fourth-order valence-electron chi connectivity index (χ4n) is 2.03. The second kappa shape index (κ2) is 8.23. The maximum absolute atomic E-state index is 12.1. The number of ether oxygens (including phenoxy) is 3. The van der Waals surface area contributed by atoms with Crippen molar-refractivity contribution in [3.8, 4) is 17.2 Å². The molecule has 128 valence electrons. The van der Waals surface area contributed by atoms with Crippen LogP contribution >= 0.6 is 0 Å². The van der Waals surface area contributed by atoms with Crippen molar-refractivity contribution in [1.82, 2.24) is 5.32 Å². The van der Waals surface area contributed by atoms with Gasteiger partial charge in [-0.15, -0.1) is 0 Å². The van der Waals surface area contributed by atoms with Gasteiger partial charge in [-0.3, -0.25) is 4.79 Å². The van der Waals surface area contributed by atoms with Crippen molar-refractivity contribution >= 4 is 11.9 Å². The number of hydrogen-bond acceptors (Lipinski definition) is 6. The molecule has 0 saturated carbocycles. The van der Waals surface area contributed by atoms with Crippen molar-refractivity contribution in [2.24, 2.45) is 0 Å². The number of benzene rings is 1. The van der Waals surface area contributed by atoms with Crippen LogP contribution in [0.1, 0.15) is 12.5 Å². The molecule has 0 unspecified atom stereocenters. The highest BCUT2D eigenvalue weighted by Gasteiger charge is 2.26. The van der Waals surface area contributed by atoms with Gasteiger partial charge in [0.1, 0.15) is 17.2 Å². The monoisotopic (exact) mass is 327 g/mol. The molecule has 0 spiro atoms. The van der Waals surface area contributed by atoms with Crippen molar-refractivity contribution in [3.05, 3.63) is 17.7 Å². The fraction of sp³-hybridized carbons (Fsp3) is 0.467. The minimum absolute atomic E-state index is 0.174. The zero-order chi connectivity index (χ0) is 17.6. The Labute approximate surface area is 134 Å². The van der Waals surface area contributed by atoms with Gasteiger partial charge in [0.15, 0.2) is 6.04 Å². The molecule has 0 aliphatic rings. The molecule has 1 aromatic carbocycles. The van der Waals surface area contributed by atoms with Gasteiger partial charge in [-0.2, -0.15) is 0 Å². The Bertz CT molecular complexity index is 546. The lowest BCUT2D eigenvalue weighted by Crippen LogP contribution is -2.48. The van der Waals surface area contributed by atoms with E-state index in [1.807, 2.05) is 0 Å². The van der Waals surface area contributed by atoms with Gasteiger partial charge in [-0.25, -0.2) is 4.79 Å². The predicted molar refractivity (Wildman–Crippen MR) is 81.0 cm³/mol. The van der Waals surface area contributed by atoms with Crippen molar-refractivity contribution < 1.29 is 34.0 Å². The molecule has 0 aliphatic carbocycles. The van der Waals surface area contributed by atoms with Crippen LogP contribution in [0.4, 0.5) is 0 Å². The quantitative estimate of drug-likeness (QED) is 0.625. The molecule has 0 radical (unpaired) electrons. The number of nitrogens with one attached hydrogen (secondary N) is 1. The van der Waals surface area contributed by atoms with Gasteiger partial charge in [0.2, 0.25) is 5.91 Å². The Morgan fingerprint density at radius 1 is 1.13 bits per heavy atom. The normalized spacial score (nSPS) is 12.9. The highest BCUT2D eigenvalue weighted by atomic mass is 16.5. The van der Waals surface area contributed by atoms with Crippen LogP contribution in [0.3, 0.4) is 0 Å². The molecule has 0 saturated heterocycles. The Morgan fingerprint density at radius 2 is 1.65 bits per heavy atom. The molecule has 23 heavy (non-hydrogen) atoms. The molecule has 0 fully saturated rings. The highest BCUT2D eigenvalue weighted by Crippen LogP contribution is 2.34. The molecular formula is C15H21NO7. The number of carboxylic acids is 1. The largest absolute Gasteiger partial charge is 0.496 e. The van der Waals surface area contributed by atoms with Crippen LogP contribution in [-0.2, 0) is 16.0 Å². The van der Waals surface area contributed by atoms with Gasteiger partial charge >= 0.3 is 5.97 Å². The first-order valence-electron chi connectivity index (χ1n) is 6.83. The molecule has 1 aromatic rings. The maximum atomic E-state index is 12.1. The lowest BCUT2D eigenvalue weighted by Gasteiger charge is -2.19. The van der Waals surface area contributed by atoms with Crippen LogP contribution in [0.25, 0.3) is 0 Å². The average molecular weight is 327 g/mol. The summed E-state index contributed by atoms with van der Waals surface area (Å²) < 4.78 is 15.6. The number of methoxy groups -OCH3 is 3. The second-order valence-corrected chi connectivity index (χ2v) is 4.81. The third kappa shape index (κ3) is 4.75. The minimum atomic E-state index is -1.39. The summed E-state index contributed by atoms with van der Waals surface area (Å²) >= 11 is 0. The molecule has 3 N–H and O–H groups in total. The van der Waals surface area contributed by atoms with Crippen LogP contribution in [0.15, 0.2) is 12.1 Å². The molecule has 8 nitrogen and oxygen atoms in total. The van der Waals surface area contributed by atoms with Gasteiger partial charge in [0.05, 0.1) is 33.9 Å². The standard InChI is InChI=1S/C15H21NO7/c1-8(17)14(15(19)20)16-13(18)7-10-11(22-3)5-9(21-2)6-12(10)23-4/h5-6,8,14,17H,7H2,1-4H3,(H,16,18)(H,19,20)/t8-,14+/m1/s1. The van der Waals surface area contributed by atoms with E-state index in [1.165, 1.54) is 28.3 Å². The van der Waals surface area contributed by atoms with Gasteiger partial charge in [0, 0.05) is 17.7 Å². The summed E-state index contributed by atoms with van der Waals surface area (Å²) in [4.78, 5) is 23.1. The zero-order valence-corrected chi connectivity index (χ0v) is 13.5. The van der Waals surface area contributed by atoms with E-state index < -0.39 is 24.0 Å². The van der Waals surface area contributed by atoms with E-state index in [1.54, 1.807) is 12.1 Å². The Hall–Kier alpha value is -2.48. The second-order valence-electron chi connectivity index (χ2n) is 4.81. The topological polar surface area (TPSA) is 114 Å². The predicted octanol–water partition coefficient (Wildman–Crippen LogP) is 0.205. The lowest BCUT2D eigenvalue weighted by atomic mass is 10.1. The van der Waals surface area contributed by atoms with Crippen LogP contribution in [0.2, 0.25) is 0 Å². The first-order chi connectivity index (χ1) is 10.8. The first-order valence-corrected chi connectivity index (χ1v) is 6.83. The molecule has 0 aromatic heterocycles. The number of rotatable bonds is 8. The first kappa shape index (κ1) is 18.6. The van der Waals surface area contributed by atoms with Crippen molar-refractivity contribution in [2.75, 3.05) is 21.3 Å². The fourth-order valence-corrected chi connectivity index (χ4v) is 2.03. The summed E-state index contributed by atoms with van der Waals surface area (Å²) in [5.41, 5.74) is 0.447. The number of carbonyl (C=O) groups is 2. The smallest absolute Gasteiger partial charge is 0.328 e. The van der Waals surface area contributed by atoms with Crippen LogP contribution in [-0.4, -0.2) is 55.6 Å². The van der Waals surface area contributed by atoms with E-state index in [4.69, 9.17) is 19.3 Å². The van der Waals surface area contributed by atoms with Gasteiger partial charge in [-0.05, 0) is 6.92 Å². The van der Waals surface area contributed by atoms with Crippen molar-refractivity contribution in [1.29, 1.82) is 0 Å². The van der Waals surface area contributed by atoms with Crippen molar-refractivity contribution in [3.63, 3.8) is 0 Å². The number of aliphatic hydroxyl groups is 1. The van der Waals surface area contributed by atoms with Crippen LogP contribution in [0.5, 0.6) is 17.2 Å². The molecule has 0 bridgehead atoms. The SMILES string of the molecule is COc1cc(OC)c(CC(=O)N[C@H](C(=O)O)[C@@H](C)O)c(OC)c1. The van der Waals surface area contributed by atoms with E-state index in [-0.39, 0.29) is 6.42 Å². The number of hydrogen-bond donors (Lipinski definition) is 3. The minimum Gasteiger partial charge on any atom is -0.496 e. The van der Waals surface area contributed by atoms with E-state index >= 15 is 0 Å². The Morgan fingerprint density at radius 3 is 2.00 bits per heavy atom. The lowest BCUT2D eigenvalue weighted by molar-refractivity contribution is -0.144. The Balaban J connectivity index is 3.03. The Kier molecular flexibility index (Phi) is 6.65. The third-order valence-corrected chi connectivity index (χ3v) is 3.22. The summed E-state index contributed by atoms with van der Waals surface area (Å²) in [7, 11) is 4.36. The molecule has 8 heteroatoms. The molecule has 0 heterocycles. The molecule has 2 atom stereocenters. The van der Waals surface area contributed by atoms with Gasteiger partial charge in [0.25, 0.3) is 0 Å². The zero-order valence-electron chi connectivity index (χ0n) is 13.5. The molecule has 0 aliphatic heterocycles. The summed E-state index contributed by atoms with van der Waals surface area (Å²) in [5, 5.41) is 20.7. The van der Waals surface area contributed by atoms with Crippen molar-refractivity contribution in [2.45, 2.75) is 25.5 Å². The number of aliphatic hydroxyl groups excluding tert-OH is 1. The third-order valence-electron chi connectivity index (χ3n) is 3.22. The molecule has 1 amide bonds. The van der Waals surface area contributed by atoms with E-state index in [0.29, 0.717) is 22.8 Å². The summed E-state index contributed by atoms with van der Waals surface area (Å²) in [6.07, 6.45) is -1.40. The number of carboxylic acid groups (broad SMARTS) is 1. The average Bonchev–Trinajstić information content (AvgIpc) is 2.51. The highest BCUT2D eigenvalue weighted by molar-refractivity contribution is 5.86. The molecule has 1 rings (SSSR count). The number of aliphatic carboxylic acids is 1. The summed E-state index contributed by atoms with van der Waals surface area (Å²) in [5.74, 6) is -0.655. The summed E-state index contributed by atoms with van der Waals surface area (Å²) in [6.45, 7) is 1.29. The van der Waals surface area contributed by atoms with E-state index in [0.717, 1.165) is 0 Å². The van der Waals surface area contributed by atoms with Gasteiger partial charge < -0.3 is 29.7 Å². The van der Waals surface area contributed by atoms with Crippen LogP contribution < -0.4 is 19.5 Å². The number of carbonyl (C=O) groups excluding carboxylic acids is 1. The van der Waals surface area contributed by atoms with E-state index in [2.05, 4.69) is 5.32 Å². The number of amides is 1. The van der Waals surface area contributed by atoms with Gasteiger partial charge in [-0.1, -0.05) is 0 Å².